The van der Waals surface area contributed by atoms with E-state index in [1.54, 1.807) is 27.7 Å². The highest BCUT2D eigenvalue weighted by molar-refractivity contribution is 6.38. The Morgan fingerprint density at radius 1 is 0.897 bits per heavy atom. The Balaban J connectivity index is 1.46. The summed E-state index contributed by atoms with van der Waals surface area (Å²) in [6.45, 7) is 7.28. The zero-order valence-electron chi connectivity index (χ0n) is 23.4. The first kappa shape index (κ1) is 29.0. The number of hydrogen-bond donors (Lipinski definition) is 5. The van der Waals surface area contributed by atoms with Gasteiger partial charge in [-0.1, -0.05) is 20.8 Å². The highest BCUT2D eigenvalue weighted by Crippen LogP contribution is 2.53. The van der Waals surface area contributed by atoms with Crippen LogP contribution in [0.2, 0.25) is 0 Å². The van der Waals surface area contributed by atoms with E-state index in [9.17, 15) is 28.8 Å². The average molecular weight is 546 g/mol. The van der Waals surface area contributed by atoms with Crippen molar-refractivity contribution in [2.45, 2.75) is 103 Å². The Hall–Kier alpha value is -2.98. The van der Waals surface area contributed by atoms with Gasteiger partial charge in [-0.05, 0) is 76.0 Å². The van der Waals surface area contributed by atoms with Gasteiger partial charge in [-0.15, -0.1) is 0 Å². The molecule has 5 amide bonds. The Labute approximate surface area is 229 Å². The number of ketones is 1. The van der Waals surface area contributed by atoms with Crippen LogP contribution >= 0.6 is 0 Å². The molecule has 4 saturated carbocycles. The van der Waals surface area contributed by atoms with Crippen molar-refractivity contribution in [3.8, 4) is 0 Å². The van der Waals surface area contributed by atoms with Crippen LogP contribution in [0.4, 0.5) is 0 Å². The van der Waals surface area contributed by atoms with Crippen molar-refractivity contribution < 1.29 is 28.8 Å². The number of hydrogen-bond acceptors (Lipinski definition) is 6. The summed E-state index contributed by atoms with van der Waals surface area (Å²) in [6.07, 6.45) is 5.81. The minimum absolute atomic E-state index is 0.0152. The molecule has 0 radical (unpaired) electrons. The second kappa shape index (κ2) is 11.6. The van der Waals surface area contributed by atoms with Gasteiger partial charge in [-0.25, -0.2) is 0 Å². The molecule has 216 valence electrons. The zero-order valence-corrected chi connectivity index (χ0v) is 23.4. The van der Waals surface area contributed by atoms with Gasteiger partial charge in [-0.3, -0.25) is 28.8 Å². The lowest BCUT2D eigenvalue weighted by atomic mass is 9.81. The van der Waals surface area contributed by atoms with Gasteiger partial charge in [0, 0.05) is 23.9 Å². The van der Waals surface area contributed by atoms with Crippen LogP contribution in [0.25, 0.3) is 0 Å². The van der Waals surface area contributed by atoms with E-state index in [4.69, 9.17) is 0 Å². The van der Waals surface area contributed by atoms with Crippen molar-refractivity contribution >= 4 is 35.3 Å². The number of Topliss-reactive ketones (excluding diaryl/α,β-unsaturated/α-hetero) is 1. The van der Waals surface area contributed by atoms with Crippen molar-refractivity contribution in [2.24, 2.45) is 29.1 Å². The molecule has 1 heterocycles. The summed E-state index contributed by atoms with van der Waals surface area (Å²) in [7, 11) is 0. The van der Waals surface area contributed by atoms with Gasteiger partial charge in [0.15, 0.2) is 0 Å². The number of rotatable bonds is 12. The maximum absolute atomic E-state index is 13.6. The number of nitrogens with one attached hydrogen (secondary N) is 5. The summed E-state index contributed by atoms with van der Waals surface area (Å²) in [5.41, 5.74) is -0.683. The smallest absolute Gasteiger partial charge is 0.289 e. The Morgan fingerprint density at radius 2 is 1.56 bits per heavy atom. The van der Waals surface area contributed by atoms with Gasteiger partial charge >= 0.3 is 0 Å². The van der Waals surface area contributed by atoms with Crippen LogP contribution in [0.3, 0.4) is 0 Å². The lowest BCUT2D eigenvalue weighted by Gasteiger charge is -2.29. The lowest BCUT2D eigenvalue weighted by Crippen LogP contribution is -2.57. The minimum Gasteiger partial charge on any atom is -0.356 e. The quantitative estimate of drug-likeness (QED) is 0.222. The monoisotopic (exact) mass is 545 g/mol. The SMILES string of the molecule is C[C@@H](NC(=O)C(C)(C)C)C(=O)N[C@@H](CC1CC2CC1C2)C(=O)N[C@@H](C[C@@H]1CCNC1=O)C(=O)C(=O)NC1CC1. The molecular weight excluding hydrogens is 502 g/mol. The maximum atomic E-state index is 13.6. The van der Waals surface area contributed by atoms with Crippen molar-refractivity contribution in [2.75, 3.05) is 6.54 Å². The van der Waals surface area contributed by atoms with E-state index in [0.717, 1.165) is 32.1 Å². The van der Waals surface area contributed by atoms with Gasteiger partial charge < -0.3 is 26.6 Å². The van der Waals surface area contributed by atoms with Gasteiger partial charge in [0.2, 0.25) is 29.4 Å². The summed E-state index contributed by atoms with van der Waals surface area (Å²) < 4.78 is 0. The van der Waals surface area contributed by atoms with Crippen LogP contribution in [0.1, 0.15) is 79.1 Å². The first-order chi connectivity index (χ1) is 18.3. The summed E-state index contributed by atoms with van der Waals surface area (Å²) in [6, 6.07) is -3.01. The van der Waals surface area contributed by atoms with Crippen molar-refractivity contribution in [1.82, 2.24) is 26.6 Å². The zero-order chi connectivity index (χ0) is 28.5. The standard InChI is InChI=1S/C28H43N5O6/c1-14(30-27(39)28(2,3)4)23(35)33-21(13-18-11-15-9-17(18)10-15)25(37)32-20(12-16-7-8-29-24(16)36)22(34)26(38)31-19-5-6-19/h14-21H,5-13H2,1-4H3,(H,29,36)(H,30,39)(H,31,38)(H,32,37)(H,33,35)/t14-,15?,16+,17?,18?,20+,21+/m1/s1. The normalized spacial score (nSPS) is 27.8. The van der Waals surface area contributed by atoms with Crippen LogP contribution in [0, 0.1) is 29.1 Å². The van der Waals surface area contributed by atoms with E-state index in [1.807, 2.05) is 0 Å². The topological polar surface area (TPSA) is 163 Å². The van der Waals surface area contributed by atoms with Crippen LogP contribution < -0.4 is 26.6 Å². The van der Waals surface area contributed by atoms with Gasteiger partial charge in [0.25, 0.3) is 5.91 Å². The van der Waals surface area contributed by atoms with Gasteiger partial charge in [-0.2, -0.15) is 0 Å². The van der Waals surface area contributed by atoms with E-state index in [1.165, 1.54) is 0 Å². The molecule has 2 bridgehead atoms. The molecule has 39 heavy (non-hydrogen) atoms. The highest BCUT2D eigenvalue weighted by atomic mass is 16.2. The molecule has 11 heteroatoms. The van der Waals surface area contributed by atoms with Crippen LogP contribution in [-0.2, 0) is 28.8 Å². The third kappa shape index (κ3) is 7.36. The molecule has 5 aliphatic rings. The predicted octanol–water partition coefficient (Wildman–Crippen LogP) is 0.317. The largest absolute Gasteiger partial charge is 0.356 e. The van der Waals surface area contributed by atoms with Gasteiger partial charge in [0.1, 0.15) is 12.1 Å². The Morgan fingerprint density at radius 3 is 2.10 bits per heavy atom. The first-order valence-corrected chi connectivity index (χ1v) is 14.4. The molecule has 1 unspecified atom stereocenters. The van der Waals surface area contributed by atoms with E-state index in [2.05, 4.69) is 26.6 Å². The average Bonchev–Trinajstić information content (AvgIpc) is 3.23. The maximum Gasteiger partial charge on any atom is 0.289 e. The molecule has 5 N–H and O–H groups in total. The molecule has 5 atom stereocenters. The minimum atomic E-state index is -1.18. The number of carbonyl (C=O) groups excluding carboxylic acids is 6. The highest BCUT2D eigenvalue weighted by Gasteiger charge is 2.46. The molecule has 0 aromatic heterocycles. The summed E-state index contributed by atoms with van der Waals surface area (Å²) >= 11 is 0. The number of fused-ring (bicyclic) bond motifs is 1. The number of amides is 5. The summed E-state index contributed by atoms with van der Waals surface area (Å²) in [4.78, 5) is 77.0. The Bertz CT molecular complexity index is 1010. The van der Waals surface area contributed by atoms with Crippen LogP contribution in [0.5, 0.6) is 0 Å². The van der Waals surface area contributed by atoms with Crippen molar-refractivity contribution in [3.63, 3.8) is 0 Å². The third-order valence-electron chi connectivity index (χ3n) is 8.62. The third-order valence-corrected chi connectivity index (χ3v) is 8.62. The lowest BCUT2D eigenvalue weighted by molar-refractivity contribution is -0.141. The number of carbonyl (C=O) groups is 6. The second-order valence-electron chi connectivity index (χ2n) is 13.0. The molecule has 11 nitrogen and oxygen atoms in total. The van der Waals surface area contributed by atoms with E-state index in [-0.39, 0.29) is 30.2 Å². The van der Waals surface area contributed by atoms with Crippen molar-refractivity contribution in [3.05, 3.63) is 0 Å². The van der Waals surface area contributed by atoms with Crippen LogP contribution in [-0.4, -0.2) is 66.0 Å². The molecule has 5 fully saturated rings. The molecule has 0 spiro atoms. The predicted molar refractivity (Wildman–Crippen MR) is 142 cm³/mol. The van der Waals surface area contributed by atoms with E-state index >= 15 is 0 Å². The van der Waals surface area contributed by atoms with E-state index < -0.39 is 53.0 Å². The molecule has 0 aromatic rings. The fourth-order valence-electron chi connectivity index (χ4n) is 5.88. The summed E-state index contributed by atoms with van der Waals surface area (Å²) in [5.74, 6) is -2.14. The molecule has 1 saturated heterocycles. The first-order valence-electron chi connectivity index (χ1n) is 14.4. The Kier molecular flexibility index (Phi) is 8.66. The van der Waals surface area contributed by atoms with Gasteiger partial charge in [0.05, 0.1) is 6.04 Å². The van der Waals surface area contributed by atoms with E-state index in [0.29, 0.717) is 31.2 Å². The van der Waals surface area contributed by atoms with Crippen molar-refractivity contribution in [1.29, 1.82) is 0 Å². The summed E-state index contributed by atoms with van der Waals surface area (Å²) in [5, 5.41) is 13.6. The van der Waals surface area contributed by atoms with Crippen LogP contribution in [0.15, 0.2) is 0 Å². The fraction of sp³-hybridized carbons (Fsp3) is 0.786. The fourth-order valence-corrected chi connectivity index (χ4v) is 5.88. The molecular formula is C28H43N5O6. The molecule has 4 aliphatic carbocycles. The molecule has 0 aromatic carbocycles. The second-order valence-corrected chi connectivity index (χ2v) is 13.0. The molecule has 5 rings (SSSR count). The molecule has 1 aliphatic heterocycles.